The molecule has 2 N–H and O–H groups in total. The highest BCUT2D eigenvalue weighted by Crippen LogP contribution is 2.32. The minimum absolute atomic E-state index is 0.0760. The number of nitrogens with zero attached hydrogens (tertiary/aromatic N) is 2. The minimum Gasteiger partial charge on any atom is -0.353 e. The van der Waals surface area contributed by atoms with Crippen molar-refractivity contribution in [2.75, 3.05) is 18.0 Å². The molecule has 0 radical (unpaired) electrons. The van der Waals surface area contributed by atoms with E-state index in [0.717, 1.165) is 42.5 Å². The van der Waals surface area contributed by atoms with Crippen LogP contribution in [0.15, 0.2) is 34.4 Å². The van der Waals surface area contributed by atoms with E-state index in [4.69, 9.17) is 4.98 Å². The first kappa shape index (κ1) is 22.1. The van der Waals surface area contributed by atoms with Gasteiger partial charge in [-0.05, 0) is 44.1 Å². The van der Waals surface area contributed by atoms with Crippen LogP contribution in [0.4, 0.5) is 5.95 Å². The monoisotopic (exact) mass is 464 g/mol. The second-order valence-electron chi connectivity index (χ2n) is 9.74. The predicted molar refractivity (Wildman–Crippen MR) is 135 cm³/mol. The van der Waals surface area contributed by atoms with Gasteiger partial charge in [-0.1, -0.05) is 49.6 Å². The molecule has 3 heterocycles. The number of aromatic nitrogens is 2. The van der Waals surface area contributed by atoms with Gasteiger partial charge < -0.3 is 10.2 Å². The molecule has 1 aliphatic heterocycles. The molecule has 1 aliphatic carbocycles. The van der Waals surface area contributed by atoms with Gasteiger partial charge in [-0.3, -0.25) is 14.6 Å². The highest BCUT2D eigenvalue weighted by molar-refractivity contribution is 7.17. The number of carbonyl (C=O) groups is 1. The summed E-state index contributed by atoms with van der Waals surface area (Å²) in [5, 5.41) is 5.34. The summed E-state index contributed by atoms with van der Waals surface area (Å²) >= 11 is 1.43. The fourth-order valence-electron chi connectivity index (χ4n) is 5.22. The lowest BCUT2D eigenvalue weighted by molar-refractivity contribution is -0.126. The first-order chi connectivity index (χ1) is 16.0. The highest BCUT2D eigenvalue weighted by atomic mass is 32.1. The van der Waals surface area contributed by atoms with Crippen molar-refractivity contribution in [3.63, 3.8) is 0 Å². The molecule has 2 aliphatic rings. The molecule has 1 saturated carbocycles. The second kappa shape index (κ2) is 9.29. The average Bonchev–Trinajstić information content (AvgIpc) is 3.26. The van der Waals surface area contributed by atoms with Crippen molar-refractivity contribution in [1.82, 2.24) is 15.3 Å². The molecule has 1 saturated heterocycles. The fourth-order valence-corrected chi connectivity index (χ4v) is 6.13. The van der Waals surface area contributed by atoms with Crippen molar-refractivity contribution in [1.29, 1.82) is 0 Å². The molecule has 7 heteroatoms. The number of amides is 1. The first-order valence-corrected chi connectivity index (χ1v) is 13.0. The van der Waals surface area contributed by atoms with Crippen molar-refractivity contribution >= 4 is 33.4 Å². The molecular formula is C26H32N4O2S. The summed E-state index contributed by atoms with van der Waals surface area (Å²) in [6, 6.07) is 8.60. The molecule has 0 spiro atoms. The number of hydrogen-bond donors (Lipinski definition) is 2. The molecule has 2 fully saturated rings. The number of aryl methyl sites for hydroxylation is 1. The summed E-state index contributed by atoms with van der Waals surface area (Å²) in [6.45, 7) is 5.69. The summed E-state index contributed by atoms with van der Waals surface area (Å²) in [4.78, 5) is 35.9. The number of nitrogens with one attached hydrogen (secondary N) is 2. The topological polar surface area (TPSA) is 78.1 Å². The third kappa shape index (κ3) is 4.56. The Labute approximate surface area is 198 Å². The quantitative estimate of drug-likeness (QED) is 0.577. The molecule has 174 valence electrons. The van der Waals surface area contributed by atoms with Crippen LogP contribution in [0.2, 0.25) is 0 Å². The Kier molecular flexibility index (Phi) is 6.23. The van der Waals surface area contributed by atoms with E-state index in [-0.39, 0.29) is 17.4 Å². The van der Waals surface area contributed by atoms with Crippen molar-refractivity contribution in [2.45, 2.75) is 58.4 Å². The van der Waals surface area contributed by atoms with E-state index in [2.05, 4.69) is 53.3 Å². The number of aromatic amines is 1. The molecule has 3 atom stereocenters. The lowest BCUT2D eigenvalue weighted by Gasteiger charge is -2.35. The van der Waals surface area contributed by atoms with Crippen LogP contribution in [0.5, 0.6) is 0 Å². The molecule has 1 aromatic carbocycles. The molecule has 33 heavy (non-hydrogen) atoms. The van der Waals surface area contributed by atoms with Gasteiger partial charge in [0.15, 0.2) is 0 Å². The molecule has 0 bridgehead atoms. The summed E-state index contributed by atoms with van der Waals surface area (Å²) in [5.41, 5.74) is 3.88. The van der Waals surface area contributed by atoms with Crippen LogP contribution in [0, 0.1) is 18.8 Å². The van der Waals surface area contributed by atoms with Crippen LogP contribution in [-0.4, -0.2) is 35.0 Å². The van der Waals surface area contributed by atoms with E-state index >= 15 is 0 Å². The minimum atomic E-state index is -0.110. The maximum Gasteiger partial charge on any atom is 0.270 e. The third-order valence-electron chi connectivity index (χ3n) is 7.31. The van der Waals surface area contributed by atoms with Gasteiger partial charge in [-0.15, -0.1) is 11.3 Å². The Morgan fingerprint density at radius 1 is 1.15 bits per heavy atom. The van der Waals surface area contributed by atoms with Gasteiger partial charge in [0.25, 0.3) is 5.56 Å². The largest absolute Gasteiger partial charge is 0.353 e. The van der Waals surface area contributed by atoms with Crippen molar-refractivity contribution in [2.24, 2.45) is 11.8 Å². The number of anilines is 1. The Morgan fingerprint density at radius 2 is 1.94 bits per heavy atom. The fraction of sp³-hybridized carbons (Fsp3) is 0.500. The van der Waals surface area contributed by atoms with E-state index < -0.39 is 0 Å². The number of benzene rings is 1. The zero-order chi connectivity index (χ0) is 22.9. The second-order valence-corrected chi connectivity index (χ2v) is 10.6. The summed E-state index contributed by atoms with van der Waals surface area (Å²) in [6.07, 6.45) is 6.52. The SMILES string of the molecule is Cc1ccc(-c2csc3c(=O)[nH]c(N4CCC[C@H](C(=O)N[C@H]5CCCC[C@H]5C)C4)nc23)cc1. The highest BCUT2D eigenvalue weighted by Gasteiger charge is 2.30. The number of H-pyrrole nitrogens is 1. The molecule has 2 aromatic heterocycles. The molecule has 1 amide bonds. The average molecular weight is 465 g/mol. The van der Waals surface area contributed by atoms with Gasteiger partial charge in [-0.25, -0.2) is 4.98 Å². The predicted octanol–water partition coefficient (Wildman–Crippen LogP) is 4.87. The lowest BCUT2D eigenvalue weighted by atomic mass is 9.85. The standard InChI is InChI=1S/C26H32N4O2S/c1-16-9-11-18(12-10-16)20-15-33-23-22(20)28-26(29-25(23)32)30-13-5-7-19(14-30)24(31)27-21-8-4-3-6-17(21)2/h9-12,15,17,19,21H,3-8,13-14H2,1-2H3,(H,27,31)(H,28,29,32)/t17-,19+,21+/m1/s1. The van der Waals surface area contributed by atoms with Crippen LogP contribution in [0.1, 0.15) is 51.0 Å². The van der Waals surface area contributed by atoms with E-state index in [9.17, 15) is 9.59 Å². The van der Waals surface area contributed by atoms with Crippen LogP contribution in [-0.2, 0) is 4.79 Å². The number of rotatable bonds is 4. The van der Waals surface area contributed by atoms with Gasteiger partial charge in [0.2, 0.25) is 11.9 Å². The van der Waals surface area contributed by atoms with Gasteiger partial charge >= 0.3 is 0 Å². The zero-order valence-corrected chi connectivity index (χ0v) is 20.2. The third-order valence-corrected chi connectivity index (χ3v) is 8.28. The normalized spacial score (nSPS) is 23.6. The Bertz CT molecular complexity index is 1200. The van der Waals surface area contributed by atoms with Crippen molar-refractivity contribution in [3.8, 4) is 11.1 Å². The van der Waals surface area contributed by atoms with E-state index in [1.165, 1.54) is 36.2 Å². The summed E-state index contributed by atoms with van der Waals surface area (Å²) in [5.74, 6) is 1.19. The van der Waals surface area contributed by atoms with Gasteiger partial charge in [-0.2, -0.15) is 0 Å². The van der Waals surface area contributed by atoms with Gasteiger partial charge in [0.05, 0.1) is 11.4 Å². The Morgan fingerprint density at radius 3 is 2.73 bits per heavy atom. The molecule has 6 nitrogen and oxygen atoms in total. The van der Waals surface area contributed by atoms with Crippen molar-refractivity contribution in [3.05, 3.63) is 45.6 Å². The van der Waals surface area contributed by atoms with Crippen LogP contribution in [0.25, 0.3) is 21.3 Å². The molecule has 5 rings (SSSR count). The summed E-state index contributed by atoms with van der Waals surface area (Å²) < 4.78 is 0.645. The number of thiophene rings is 1. The van der Waals surface area contributed by atoms with E-state index in [1.54, 1.807) is 0 Å². The maximum absolute atomic E-state index is 13.1. The Balaban J connectivity index is 1.38. The number of piperidine rings is 1. The van der Waals surface area contributed by atoms with E-state index in [1.807, 2.05) is 5.38 Å². The number of fused-ring (bicyclic) bond motifs is 1. The van der Waals surface area contributed by atoms with Crippen LogP contribution < -0.4 is 15.8 Å². The van der Waals surface area contributed by atoms with Crippen LogP contribution >= 0.6 is 11.3 Å². The van der Waals surface area contributed by atoms with Gasteiger partial charge in [0, 0.05) is 30.1 Å². The summed E-state index contributed by atoms with van der Waals surface area (Å²) in [7, 11) is 0. The number of hydrogen-bond acceptors (Lipinski definition) is 5. The van der Waals surface area contributed by atoms with Crippen LogP contribution in [0.3, 0.4) is 0 Å². The smallest absolute Gasteiger partial charge is 0.270 e. The first-order valence-electron chi connectivity index (χ1n) is 12.1. The molecule has 0 unspecified atom stereocenters. The number of carbonyl (C=O) groups excluding carboxylic acids is 1. The zero-order valence-electron chi connectivity index (χ0n) is 19.4. The van der Waals surface area contributed by atoms with E-state index in [0.29, 0.717) is 29.2 Å². The van der Waals surface area contributed by atoms with Crippen molar-refractivity contribution < 1.29 is 4.79 Å². The lowest BCUT2D eigenvalue weighted by Crippen LogP contribution is -2.48. The molecule has 3 aromatic rings. The Hall–Kier alpha value is -2.67. The van der Waals surface area contributed by atoms with Gasteiger partial charge in [0.1, 0.15) is 4.70 Å². The molecular weight excluding hydrogens is 432 g/mol. The maximum atomic E-state index is 13.1.